The average Bonchev–Trinajstić information content (AvgIpc) is 2.99. The van der Waals surface area contributed by atoms with E-state index in [2.05, 4.69) is 0 Å². The highest BCUT2D eigenvalue weighted by Gasteiger charge is 2.43. The summed E-state index contributed by atoms with van der Waals surface area (Å²) in [5.41, 5.74) is 1.01. The SMILES string of the molecule is COC1=CC(=O)c2c3c(n(-c4ccc([N+](=O)[O-])cc4)c2C1=O)CC(C)(C)CC3=O. The number of ketones is 3. The van der Waals surface area contributed by atoms with Gasteiger partial charge in [0.1, 0.15) is 5.69 Å². The number of methoxy groups -OCH3 is 1. The van der Waals surface area contributed by atoms with E-state index in [0.29, 0.717) is 17.8 Å². The van der Waals surface area contributed by atoms with Crippen LogP contribution in [-0.2, 0) is 11.2 Å². The smallest absolute Gasteiger partial charge is 0.269 e. The lowest BCUT2D eigenvalue weighted by molar-refractivity contribution is -0.384. The van der Waals surface area contributed by atoms with Gasteiger partial charge in [0.05, 0.1) is 23.2 Å². The van der Waals surface area contributed by atoms with Crippen LogP contribution in [0, 0.1) is 15.5 Å². The molecule has 8 nitrogen and oxygen atoms in total. The van der Waals surface area contributed by atoms with Crippen molar-refractivity contribution in [3.63, 3.8) is 0 Å². The highest BCUT2D eigenvalue weighted by atomic mass is 16.6. The van der Waals surface area contributed by atoms with Crippen LogP contribution in [0.2, 0.25) is 0 Å². The maximum atomic E-state index is 13.1. The Bertz CT molecular complexity index is 1130. The molecule has 0 spiro atoms. The second-order valence-corrected chi connectivity index (χ2v) is 8.00. The molecule has 0 unspecified atom stereocenters. The van der Waals surface area contributed by atoms with Gasteiger partial charge in [-0.1, -0.05) is 13.8 Å². The molecule has 1 aromatic heterocycles. The Morgan fingerprint density at radius 3 is 2.31 bits per heavy atom. The summed E-state index contributed by atoms with van der Waals surface area (Å²) in [5.74, 6) is -1.25. The Morgan fingerprint density at radius 1 is 1.07 bits per heavy atom. The molecule has 0 amide bonds. The predicted molar refractivity (Wildman–Crippen MR) is 103 cm³/mol. The Morgan fingerprint density at radius 2 is 1.72 bits per heavy atom. The lowest BCUT2D eigenvalue weighted by Crippen LogP contribution is -2.28. The van der Waals surface area contributed by atoms with Crippen molar-refractivity contribution in [2.75, 3.05) is 7.11 Å². The van der Waals surface area contributed by atoms with Crippen LogP contribution in [0.25, 0.3) is 5.69 Å². The monoisotopic (exact) mass is 394 g/mol. The first-order valence-corrected chi connectivity index (χ1v) is 9.05. The van der Waals surface area contributed by atoms with E-state index in [1.54, 1.807) is 4.57 Å². The Balaban J connectivity index is 2.04. The Hall–Kier alpha value is -3.55. The van der Waals surface area contributed by atoms with E-state index in [4.69, 9.17) is 4.74 Å². The van der Waals surface area contributed by atoms with Gasteiger partial charge in [0.25, 0.3) is 5.69 Å². The molecule has 1 heterocycles. The number of Topliss-reactive ketones (excluding diaryl/α,β-unsaturated/α-hetero) is 2. The molecule has 29 heavy (non-hydrogen) atoms. The number of hydrogen-bond acceptors (Lipinski definition) is 6. The molecule has 0 aliphatic heterocycles. The second kappa shape index (κ2) is 6.23. The van der Waals surface area contributed by atoms with Gasteiger partial charge in [-0.05, 0) is 24.0 Å². The van der Waals surface area contributed by atoms with Gasteiger partial charge in [-0.25, -0.2) is 0 Å². The van der Waals surface area contributed by atoms with Gasteiger partial charge in [0.2, 0.25) is 5.78 Å². The van der Waals surface area contributed by atoms with Gasteiger partial charge < -0.3 is 9.30 Å². The molecule has 0 radical (unpaired) electrons. The molecule has 2 aliphatic carbocycles. The van der Waals surface area contributed by atoms with Crippen molar-refractivity contribution in [2.24, 2.45) is 5.41 Å². The van der Waals surface area contributed by atoms with Crippen molar-refractivity contribution in [3.8, 4) is 5.69 Å². The van der Waals surface area contributed by atoms with Crippen LogP contribution in [0.1, 0.15) is 57.2 Å². The average molecular weight is 394 g/mol. The molecule has 2 aliphatic rings. The maximum Gasteiger partial charge on any atom is 0.269 e. The molecule has 0 saturated carbocycles. The van der Waals surface area contributed by atoms with E-state index in [1.807, 2.05) is 13.8 Å². The summed E-state index contributed by atoms with van der Waals surface area (Å²) in [7, 11) is 1.30. The number of aromatic nitrogens is 1. The molecule has 2 aromatic rings. The summed E-state index contributed by atoms with van der Waals surface area (Å²) < 4.78 is 6.66. The number of fused-ring (bicyclic) bond motifs is 3. The Kier molecular flexibility index (Phi) is 4.04. The van der Waals surface area contributed by atoms with Crippen LogP contribution in [-0.4, -0.2) is 33.9 Å². The minimum absolute atomic E-state index is 0.0688. The number of non-ortho nitro benzene ring substituents is 1. The number of nitro benzene ring substituents is 1. The number of carbonyl (C=O) groups excluding carboxylic acids is 3. The summed E-state index contributed by atoms with van der Waals surface area (Å²) in [4.78, 5) is 49.3. The van der Waals surface area contributed by atoms with Gasteiger partial charge in [-0.2, -0.15) is 0 Å². The predicted octanol–water partition coefficient (Wildman–Crippen LogP) is 3.45. The van der Waals surface area contributed by atoms with Crippen LogP contribution >= 0.6 is 0 Å². The lowest BCUT2D eigenvalue weighted by atomic mass is 9.75. The third-order valence-corrected chi connectivity index (χ3v) is 5.32. The van der Waals surface area contributed by atoms with Gasteiger partial charge in [-0.15, -0.1) is 0 Å². The number of hydrogen-bond donors (Lipinski definition) is 0. The van der Waals surface area contributed by atoms with Crippen LogP contribution in [0.15, 0.2) is 36.1 Å². The zero-order valence-electron chi connectivity index (χ0n) is 16.1. The van der Waals surface area contributed by atoms with Crippen LogP contribution < -0.4 is 0 Å². The van der Waals surface area contributed by atoms with Crippen LogP contribution in [0.4, 0.5) is 5.69 Å². The van der Waals surface area contributed by atoms with Crippen molar-refractivity contribution in [2.45, 2.75) is 26.7 Å². The molecule has 0 saturated heterocycles. The summed E-state index contributed by atoms with van der Waals surface area (Å²) in [6.07, 6.45) is 1.85. The Labute approximate surface area is 165 Å². The molecular formula is C21H18N2O6. The van der Waals surface area contributed by atoms with Gasteiger partial charge in [-0.3, -0.25) is 24.5 Å². The molecular weight excluding hydrogens is 376 g/mol. The van der Waals surface area contributed by atoms with Crippen LogP contribution in [0.5, 0.6) is 0 Å². The second-order valence-electron chi connectivity index (χ2n) is 8.00. The van der Waals surface area contributed by atoms with Gasteiger partial charge >= 0.3 is 0 Å². The van der Waals surface area contributed by atoms with Crippen molar-refractivity contribution in [1.82, 2.24) is 4.57 Å². The van der Waals surface area contributed by atoms with Crippen molar-refractivity contribution >= 4 is 23.0 Å². The van der Waals surface area contributed by atoms with Gasteiger partial charge in [0, 0.05) is 36.0 Å². The minimum atomic E-state index is -0.516. The molecule has 148 valence electrons. The molecule has 0 bridgehead atoms. The summed E-state index contributed by atoms with van der Waals surface area (Å²) >= 11 is 0. The maximum absolute atomic E-state index is 13.1. The number of rotatable bonds is 3. The zero-order valence-corrected chi connectivity index (χ0v) is 16.1. The lowest BCUT2D eigenvalue weighted by Gasteiger charge is -2.30. The third kappa shape index (κ3) is 2.79. The van der Waals surface area contributed by atoms with E-state index < -0.39 is 16.5 Å². The number of nitrogens with zero attached hydrogens (tertiary/aromatic N) is 2. The number of carbonyl (C=O) groups is 3. The first-order chi connectivity index (χ1) is 13.6. The fourth-order valence-corrected chi connectivity index (χ4v) is 4.12. The molecule has 4 rings (SSSR count). The van der Waals surface area contributed by atoms with Crippen molar-refractivity contribution < 1.29 is 24.0 Å². The highest BCUT2D eigenvalue weighted by molar-refractivity contribution is 6.27. The van der Waals surface area contributed by atoms with E-state index in [0.717, 1.165) is 6.08 Å². The number of ether oxygens (including phenoxy) is 1. The normalized spacial score (nSPS) is 17.5. The van der Waals surface area contributed by atoms with E-state index in [9.17, 15) is 24.5 Å². The van der Waals surface area contributed by atoms with E-state index in [-0.39, 0.29) is 45.9 Å². The summed E-state index contributed by atoms with van der Waals surface area (Å²) in [6, 6.07) is 5.67. The molecule has 0 atom stereocenters. The van der Waals surface area contributed by atoms with Crippen molar-refractivity contribution in [3.05, 3.63) is 68.7 Å². The quantitative estimate of drug-likeness (QED) is 0.583. The number of allylic oxidation sites excluding steroid dienone is 2. The number of benzene rings is 1. The molecule has 1 aromatic carbocycles. The minimum Gasteiger partial charge on any atom is -0.492 e. The first-order valence-electron chi connectivity index (χ1n) is 9.05. The molecule has 0 fully saturated rings. The topological polar surface area (TPSA) is 109 Å². The summed E-state index contributed by atoms with van der Waals surface area (Å²) in [5, 5.41) is 11.0. The van der Waals surface area contributed by atoms with E-state index in [1.165, 1.54) is 31.4 Å². The summed E-state index contributed by atoms with van der Waals surface area (Å²) in [6.45, 7) is 3.89. The van der Waals surface area contributed by atoms with E-state index >= 15 is 0 Å². The van der Waals surface area contributed by atoms with Crippen molar-refractivity contribution in [1.29, 1.82) is 0 Å². The highest BCUT2D eigenvalue weighted by Crippen LogP contribution is 2.42. The van der Waals surface area contributed by atoms with Gasteiger partial charge in [0.15, 0.2) is 17.3 Å². The molecule has 8 heteroatoms. The standard InChI is InChI=1S/C21H18N2O6/c1-21(2)9-13-17(15(25)10-21)18-14(24)8-16(29-3)20(26)19(18)22(13)11-4-6-12(7-5-11)23(27)28/h4-8H,9-10H2,1-3H3. The zero-order chi connectivity index (χ0) is 21.1. The number of nitro groups is 1. The third-order valence-electron chi connectivity index (χ3n) is 5.32. The van der Waals surface area contributed by atoms with Crippen LogP contribution in [0.3, 0.4) is 0 Å². The first kappa shape index (κ1) is 18.8. The largest absolute Gasteiger partial charge is 0.492 e. The fourth-order valence-electron chi connectivity index (χ4n) is 4.12. The molecule has 0 N–H and O–H groups in total. The fraction of sp³-hybridized carbons (Fsp3) is 0.286.